The topological polar surface area (TPSA) is 53.4 Å². The maximum Gasteiger partial charge on any atom is 0.418 e. The van der Waals surface area contributed by atoms with Crippen molar-refractivity contribution in [2.24, 2.45) is 11.8 Å². The number of piperidine rings is 1. The van der Waals surface area contributed by atoms with E-state index in [1.54, 1.807) is 12.1 Å². The summed E-state index contributed by atoms with van der Waals surface area (Å²) in [6.07, 6.45) is -2.58. The van der Waals surface area contributed by atoms with Crippen LogP contribution >= 0.6 is 0 Å². The molecule has 24 heavy (non-hydrogen) atoms. The number of alkyl halides is 3. The van der Waals surface area contributed by atoms with Crippen LogP contribution in [0.15, 0.2) is 30.5 Å². The molecule has 0 bridgehead atoms. The zero-order chi connectivity index (χ0) is 17.5. The smallest absolute Gasteiger partial charge is 0.418 e. The minimum atomic E-state index is -4.48. The third-order valence-electron chi connectivity index (χ3n) is 4.40. The van der Waals surface area contributed by atoms with Gasteiger partial charge >= 0.3 is 12.1 Å². The van der Waals surface area contributed by atoms with Gasteiger partial charge < -0.3 is 10.0 Å². The fourth-order valence-electron chi connectivity index (χ4n) is 3.39. The van der Waals surface area contributed by atoms with Crippen LogP contribution in [0.5, 0.6) is 0 Å². The second-order valence-electron chi connectivity index (χ2n) is 6.31. The van der Waals surface area contributed by atoms with Crippen LogP contribution < -0.4 is 4.90 Å². The molecule has 0 aliphatic carbocycles. The van der Waals surface area contributed by atoms with Gasteiger partial charge in [0.25, 0.3) is 0 Å². The zero-order valence-electron chi connectivity index (χ0n) is 13.0. The maximum atomic E-state index is 13.2. The van der Waals surface area contributed by atoms with Gasteiger partial charge in [-0.2, -0.15) is 13.2 Å². The average molecular weight is 338 g/mol. The molecular formula is C17H17F3N2O2. The number of anilines is 1. The number of aliphatic carboxylic acids is 1. The van der Waals surface area contributed by atoms with E-state index in [1.165, 1.54) is 12.3 Å². The van der Waals surface area contributed by atoms with Gasteiger partial charge in [-0.25, -0.2) is 0 Å². The van der Waals surface area contributed by atoms with Gasteiger partial charge in [0.15, 0.2) is 0 Å². The molecule has 1 aliphatic heterocycles. The number of benzene rings is 1. The summed E-state index contributed by atoms with van der Waals surface area (Å²) in [6.45, 7) is 2.85. The molecule has 7 heteroatoms. The van der Waals surface area contributed by atoms with E-state index in [2.05, 4.69) is 4.98 Å². The van der Waals surface area contributed by atoms with Gasteiger partial charge in [-0.15, -0.1) is 0 Å². The van der Waals surface area contributed by atoms with Crippen molar-refractivity contribution >= 4 is 22.6 Å². The number of carboxylic acid groups (broad SMARTS) is 1. The highest BCUT2D eigenvalue weighted by Crippen LogP contribution is 2.38. The predicted molar refractivity (Wildman–Crippen MR) is 83.9 cm³/mol. The third-order valence-corrected chi connectivity index (χ3v) is 4.40. The molecule has 2 heterocycles. The van der Waals surface area contributed by atoms with Gasteiger partial charge in [-0.3, -0.25) is 9.78 Å². The zero-order valence-corrected chi connectivity index (χ0v) is 13.0. The second-order valence-corrected chi connectivity index (χ2v) is 6.31. The number of halogens is 3. The first kappa shape index (κ1) is 16.5. The van der Waals surface area contributed by atoms with Crippen molar-refractivity contribution in [1.82, 2.24) is 4.98 Å². The fourth-order valence-corrected chi connectivity index (χ4v) is 3.39. The summed E-state index contributed by atoms with van der Waals surface area (Å²) in [7, 11) is 0. The third kappa shape index (κ3) is 3.02. The minimum Gasteiger partial charge on any atom is -0.481 e. The number of hydrogen-bond donors (Lipinski definition) is 1. The van der Waals surface area contributed by atoms with E-state index in [1.807, 2.05) is 11.8 Å². The van der Waals surface area contributed by atoms with E-state index in [0.29, 0.717) is 24.0 Å². The van der Waals surface area contributed by atoms with Crippen molar-refractivity contribution in [1.29, 1.82) is 0 Å². The Labute approximate surface area is 136 Å². The number of hydrogen-bond acceptors (Lipinski definition) is 3. The Balaban J connectivity index is 2.09. The monoisotopic (exact) mass is 338 g/mol. The highest BCUT2D eigenvalue weighted by Gasteiger charge is 2.35. The molecule has 1 aromatic carbocycles. The lowest BCUT2D eigenvalue weighted by Gasteiger charge is -2.37. The molecule has 1 aromatic heterocycles. The number of rotatable bonds is 2. The Morgan fingerprint density at radius 3 is 2.71 bits per heavy atom. The molecule has 128 valence electrons. The van der Waals surface area contributed by atoms with Crippen molar-refractivity contribution in [3.63, 3.8) is 0 Å². The first-order valence-corrected chi connectivity index (χ1v) is 7.70. The minimum absolute atomic E-state index is 0.104. The molecule has 0 unspecified atom stereocenters. The van der Waals surface area contributed by atoms with E-state index < -0.39 is 23.6 Å². The number of fused-ring (bicyclic) bond motifs is 1. The van der Waals surface area contributed by atoms with Crippen LogP contribution in [0.25, 0.3) is 10.9 Å². The summed E-state index contributed by atoms with van der Waals surface area (Å²) in [5, 5.41) is 9.69. The second kappa shape index (κ2) is 5.96. The number of carboxylic acids is 1. The van der Waals surface area contributed by atoms with Gasteiger partial charge in [0.05, 0.1) is 17.0 Å². The Hall–Kier alpha value is -2.31. The van der Waals surface area contributed by atoms with E-state index in [0.717, 1.165) is 6.07 Å². The van der Waals surface area contributed by atoms with E-state index in [9.17, 15) is 23.1 Å². The molecule has 0 amide bonds. The molecule has 0 spiro atoms. The number of pyridine rings is 1. The molecule has 1 fully saturated rings. The number of aromatic nitrogens is 1. The Kier molecular flexibility index (Phi) is 4.11. The first-order valence-electron chi connectivity index (χ1n) is 7.70. The van der Waals surface area contributed by atoms with Crippen molar-refractivity contribution in [2.75, 3.05) is 18.0 Å². The highest BCUT2D eigenvalue weighted by atomic mass is 19.4. The lowest BCUT2D eigenvalue weighted by molar-refractivity contribution is -0.142. The number of nitrogens with zero attached hydrogens (tertiary/aromatic N) is 2. The molecule has 1 N–H and O–H groups in total. The van der Waals surface area contributed by atoms with Crippen molar-refractivity contribution in [2.45, 2.75) is 19.5 Å². The lowest BCUT2D eigenvalue weighted by atomic mass is 9.89. The van der Waals surface area contributed by atoms with Crippen LogP contribution in [-0.4, -0.2) is 29.1 Å². The van der Waals surface area contributed by atoms with Crippen LogP contribution in [-0.2, 0) is 11.0 Å². The fraction of sp³-hybridized carbons (Fsp3) is 0.412. The molecule has 2 atom stereocenters. The highest BCUT2D eigenvalue weighted by molar-refractivity contribution is 5.94. The molecule has 4 nitrogen and oxygen atoms in total. The predicted octanol–water partition coefficient (Wildman–Crippen LogP) is 3.80. The van der Waals surface area contributed by atoms with Crippen LogP contribution in [0, 0.1) is 11.8 Å². The lowest BCUT2D eigenvalue weighted by Crippen LogP contribution is -2.42. The molecule has 3 rings (SSSR count). The van der Waals surface area contributed by atoms with Crippen LogP contribution in [0.3, 0.4) is 0 Å². The summed E-state index contributed by atoms with van der Waals surface area (Å²) < 4.78 is 39.6. The van der Waals surface area contributed by atoms with Crippen LogP contribution in [0.4, 0.5) is 18.9 Å². The Morgan fingerprint density at radius 2 is 2.04 bits per heavy atom. The van der Waals surface area contributed by atoms with E-state index in [-0.39, 0.29) is 18.0 Å². The molecular weight excluding hydrogens is 321 g/mol. The summed E-state index contributed by atoms with van der Waals surface area (Å²) >= 11 is 0. The van der Waals surface area contributed by atoms with E-state index >= 15 is 0 Å². The van der Waals surface area contributed by atoms with Crippen LogP contribution in [0.1, 0.15) is 18.9 Å². The summed E-state index contributed by atoms with van der Waals surface area (Å²) in [5.74, 6) is -1.25. The largest absolute Gasteiger partial charge is 0.481 e. The van der Waals surface area contributed by atoms with Crippen molar-refractivity contribution < 1.29 is 23.1 Å². The molecule has 0 radical (unpaired) electrons. The number of carbonyl (C=O) groups is 1. The summed E-state index contributed by atoms with van der Waals surface area (Å²) in [5.41, 5.74) is -0.279. The van der Waals surface area contributed by atoms with Crippen molar-refractivity contribution in [3.05, 3.63) is 36.0 Å². The quantitative estimate of drug-likeness (QED) is 0.905. The van der Waals surface area contributed by atoms with Crippen molar-refractivity contribution in [3.8, 4) is 0 Å². The SMILES string of the molecule is C[C@H]1C[C@@H](C(=O)O)CN(c2ccc(C(F)(F)F)c3ncccc23)C1. The first-order chi connectivity index (χ1) is 11.3. The van der Waals surface area contributed by atoms with Crippen LogP contribution in [0.2, 0.25) is 0 Å². The van der Waals surface area contributed by atoms with Gasteiger partial charge in [0.1, 0.15) is 0 Å². The standard InChI is InChI=1S/C17H17F3N2O2/c1-10-7-11(16(23)24)9-22(8-10)14-5-4-13(17(18,19)20)15-12(14)3-2-6-21-15/h2-6,10-11H,7-9H2,1H3,(H,23,24)/t10-,11+/m0/s1. The summed E-state index contributed by atoms with van der Waals surface area (Å²) in [6, 6.07) is 5.64. The van der Waals surface area contributed by atoms with E-state index in [4.69, 9.17) is 0 Å². The Morgan fingerprint density at radius 1 is 1.29 bits per heavy atom. The molecule has 2 aromatic rings. The molecule has 0 saturated carbocycles. The van der Waals surface area contributed by atoms with Gasteiger partial charge in [-0.05, 0) is 36.6 Å². The summed E-state index contributed by atoms with van der Waals surface area (Å²) in [4.78, 5) is 17.1. The average Bonchev–Trinajstić information content (AvgIpc) is 2.52. The van der Waals surface area contributed by atoms with Gasteiger partial charge in [-0.1, -0.05) is 6.92 Å². The Bertz CT molecular complexity index is 776. The van der Waals surface area contributed by atoms with Gasteiger partial charge in [0.2, 0.25) is 0 Å². The maximum absolute atomic E-state index is 13.2. The molecule has 1 saturated heterocycles. The normalized spacial score (nSPS) is 21.9. The van der Waals surface area contributed by atoms with Gasteiger partial charge in [0, 0.05) is 30.4 Å². The molecule has 1 aliphatic rings.